The van der Waals surface area contributed by atoms with Gasteiger partial charge in [-0.25, -0.2) is 4.79 Å². The van der Waals surface area contributed by atoms with Crippen LogP contribution in [0.4, 0.5) is 4.79 Å². The summed E-state index contributed by atoms with van der Waals surface area (Å²) in [5.74, 6) is -0.508. The maximum absolute atomic E-state index is 12.2. The number of hydrogen-bond acceptors (Lipinski definition) is 8. The molecule has 1 N–H and O–H groups in total. The first kappa shape index (κ1) is 19.2. The number of ether oxygens (including phenoxy) is 3. The van der Waals surface area contributed by atoms with Gasteiger partial charge in [-0.1, -0.05) is 0 Å². The van der Waals surface area contributed by atoms with E-state index < -0.39 is 23.8 Å². The smallest absolute Gasteiger partial charge is 0.330 e. The van der Waals surface area contributed by atoms with Gasteiger partial charge in [0.2, 0.25) is 24.4 Å². The summed E-state index contributed by atoms with van der Waals surface area (Å²) in [4.78, 5) is 43.1. The van der Waals surface area contributed by atoms with Crippen LogP contribution in [-0.4, -0.2) is 74.9 Å². The number of urea groups is 1. The van der Waals surface area contributed by atoms with Gasteiger partial charge in [-0.3, -0.25) is 29.7 Å². The molecule has 3 aliphatic heterocycles. The number of nitrogens with one attached hydrogen (secondary N) is 1. The van der Waals surface area contributed by atoms with Crippen molar-refractivity contribution in [2.24, 2.45) is 10.9 Å². The minimum Gasteiger partial charge on any atom is -0.492 e. The Hall–Kier alpha value is -3.14. The first-order chi connectivity index (χ1) is 13.9. The van der Waals surface area contributed by atoms with E-state index in [1.165, 1.54) is 13.3 Å². The molecule has 0 aliphatic carbocycles. The number of benzene rings is 1. The Morgan fingerprint density at radius 2 is 2.10 bits per heavy atom. The van der Waals surface area contributed by atoms with Crippen LogP contribution in [0, 0.1) is 5.92 Å². The lowest BCUT2D eigenvalue weighted by Crippen LogP contribution is -2.56. The van der Waals surface area contributed by atoms with E-state index in [1.54, 1.807) is 7.11 Å². The Kier molecular flexibility index (Phi) is 4.87. The number of methoxy groups -OCH3 is 1. The van der Waals surface area contributed by atoms with Gasteiger partial charge in [-0.05, 0) is 25.1 Å². The number of hydrogen-bond donors (Lipinski definition) is 1. The minimum atomic E-state index is -1.12. The molecule has 0 aromatic heterocycles. The van der Waals surface area contributed by atoms with Gasteiger partial charge in [-0.15, -0.1) is 0 Å². The molecule has 3 heterocycles. The number of amides is 4. The number of rotatable bonds is 4. The fourth-order valence-electron chi connectivity index (χ4n) is 3.84. The summed E-state index contributed by atoms with van der Waals surface area (Å²) in [6, 6.07) is 1.12. The van der Waals surface area contributed by atoms with Crippen LogP contribution in [0.2, 0.25) is 0 Å². The van der Waals surface area contributed by atoms with Crippen molar-refractivity contribution in [1.29, 1.82) is 0 Å². The fraction of sp³-hybridized carbons (Fsp3) is 0.474. The third-order valence-corrected chi connectivity index (χ3v) is 5.49. The average molecular weight is 402 g/mol. The molecule has 154 valence electrons. The van der Waals surface area contributed by atoms with Gasteiger partial charge in [0, 0.05) is 25.4 Å². The SMILES string of the molecule is COc1c2c(cc3c1[C@@H](CN=CC1C(=O)NC(=O)N(C)C1=O)N(C)CC3)OCO2. The van der Waals surface area contributed by atoms with Crippen molar-refractivity contribution in [3.8, 4) is 17.2 Å². The molecule has 29 heavy (non-hydrogen) atoms. The van der Waals surface area contributed by atoms with Crippen molar-refractivity contribution in [2.75, 3.05) is 41.1 Å². The zero-order chi connectivity index (χ0) is 20.7. The summed E-state index contributed by atoms with van der Waals surface area (Å²) in [5.41, 5.74) is 2.07. The molecule has 0 radical (unpaired) electrons. The van der Waals surface area contributed by atoms with E-state index in [2.05, 4.69) is 15.2 Å². The molecule has 1 saturated heterocycles. The Labute approximate surface area is 167 Å². The van der Waals surface area contributed by atoms with E-state index in [0.29, 0.717) is 23.8 Å². The number of carbonyl (C=O) groups excluding carboxylic acids is 3. The minimum absolute atomic E-state index is 0.124. The van der Waals surface area contributed by atoms with Gasteiger partial charge in [0.05, 0.1) is 19.7 Å². The maximum atomic E-state index is 12.2. The Morgan fingerprint density at radius 3 is 2.86 bits per heavy atom. The van der Waals surface area contributed by atoms with Gasteiger partial charge in [0.25, 0.3) is 0 Å². The van der Waals surface area contributed by atoms with Crippen molar-refractivity contribution in [3.05, 3.63) is 17.2 Å². The summed E-state index contributed by atoms with van der Waals surface area (Å²) in [6.45, 7) is 1.28. The van der Waals surface area contributed by atoms with Gasteiger partial charge in [0.1, 0.15) is 0 Å². The second-order valence-corrected chi connectivity index (χ2v) is 7.15. The summed E-state index contributed by atoms with van der Waals surface area (Å²) in [7, 11) is 4.89. The van der Waals surface area contributed by atoms with Crippen LogP contribution in [0.5, 0.6) is 17.2 Å². The molecular weight excluding hydrogens is 380 g/mol. The Morgan fingerprint density at radius 1 is 1.31 bits per heavy atom. The van der Waals surface area contributed by atoms with Crippen LogP contribution in [0.1, 0.15) is 17.2 Å². The van der Waals surface area contributed by atoms with Gasteiger partial charge < -0.3 is 14.2 Å². The van der Waals surface area contributed by atoms with E-state index in [9.17, 15) is 14.4 Å². The molecule has 1 aromatic rings. The van der Waals surface area contributed by atoms with Crippen LogP contribution < -0.4 is 19.5 Å². The molecular formula is C19H22N4O6. The highest BCUT2D eigenvalue weighted by molar-refractivity contribution is 6.23. The number of imide groups is 2. The Balaban J connectivity index is 1.60. The summed E-state index contributed by atoms with van der Waals surface area (Å²) < 4.78 is 16.7. The second-order valence-electron chi connectivity index (χ2n) is 7.15. The summed E-state index contributed by atoms with van der Waals surface area (Å²) in [6.07, 6.45) is 2.14. The third kappa shape index (κ3) is 3.19. The summed E-state index contributed by atoms with van der Waals surface area (Å²) >= 11 is 0. The monoisotopic (exact) mass is 402 g/mol. The van der Waals surface area contributed by atoms with E-state index in [0.717, 1.165) is 29.0 Å². The molecule has 4 amide bonds. The van der Waals surface area contributed by atoms with Crippen LogP contribution in [0.3, 0.4) is 0 Å². The lowest BCUT2D eigenvalue weighted by molar-refractivity contribution is -0.138. The van der Waals surface area contributed by atoms with Crippen molar-refractivity contribution >= 4 is 24.1 Å². The third-order valence-electron chi connectivity index (χ3n) is 5.49. The highest BCUT2D eigenvalue weighted by Crippen LogP contribution is 2.49. The van der Waals surface area contributed by atoms with Crippen molar-refractivity contribution < 1.29 is 28.6 Å². The van der Waals surface area contributed by atoms with Crippen LogP contribution in [-0.2, 0) is 16.0 Å². The average Bonchev–Trinajstić information content (AvgIpc) is 3.17. The number of likely N-dealkylation sites (N-methyl/N-ethyl adjacent to an activating group) is 1. The zero-order valence-corrected chi connectivity index (χ0v) is 16.4. The molecule has 0 bridgehead atoms. The molecule has 4 rings (SSSR count). The molecule has 0 spiro atoms. The molecule has 1 fully saturated rings. The molecule has 1 aromatic carbocycles. The van der Waals surface area contributed by atoms with Gasteiger partial charge in [0.15, 0.2) is 17.4 Å². The van der Waals surface area contributed by atoms with Crippen molar-refractivity contribution in [3.63, 3.8) is 0 Å². The van der Waals surface area contributed by atoms with E-state index in [-0.39, 0.29) is 12.8 Å². The largest absolute Gasteiger partial charge is 0.492 e. The molecule has 2 atom stereocenters. The quantitative estimate of drug-likeness (QED) is 0.572. The van der Waals surface area contributed by atoms with Crippen LogP contribution in [0.25, 0.3) is 0 Å². The van der Waals surface area contributed by atoms with E-state index in [4.69, 9.17) is 14.2 Å². The molecule has 10 nitrogen and oxygen atoms in total. The lowest BCUT2D eigenvalue weighted by atomic mass is 9.91. The fourth-order valence-corrected chi connectivity index (χ4v) is 3.84. The number of aliphatic imine (C=N–C) groups is 1. The maximum Gasteiger partial charge on any atom is 0.330 e. The molecule has 0 saturated carbocycles. The number of carbonyl (C=O) groups is 3. The normalized spacial score (nSPS) is 24.1. The molecule has 10 heteroatoms. The predicted molar refractivity (Wildman–Crippen MR) is 101 cm³/mol. The highest BCUT2D eigenvalue weighted by atomic mass is 16.7. The molecule has 1 unspecified atom stereocenters. The zero-order valence-electron chi connectivity index (χ0n) is 16.4. The van der Waals surface area contributed by atoms with Crippen molar-refractivity contribution in [2.45, 2.75) is 12.5 Å². The first-order valence-corrected chi connectivity index (χ1v) is 9.24. The summed E-state index contributed by atoms with van der Waals surface area (Å²) in [5, 5.41) is 2.14. The van der Waals surface area contributed by atoms with E-state index >= 15 is 0 Å². The highest BCUT2D eigenvalue weighted by Gasteiger charge is 2.38. The topological polar surface area (TPSA) is 110 Å². The van der Waals surface area contributed by atoms with Crippen LogP contribution >= 0.6 is 0 Å². The lowest BCUT2D eigenvalue weighted by Gasteiger charge is -2.35. The van der Waals surface area contributed by atoms with E-state index in [1.807, 2.05) is 13.1 Å². The number of barbiturate groups is 1. The second kappa shape index (κ2) is 7.36. The predicted octanol–water partition coefficient (Wildman–Crippen LogP) is 0.348. The van der Waals surface area contributed by atoms with Crippen LogP contribution in [0.15, 0.2) is 11.1 Å². The van der Waals surface area contributed by atoms with Gasteiger partial charge in [-0.2, -0.15) is 0 Å². The number of fused-ring (bicyclic) bond motifs is 2. The standard InChI is InChI=1S/C19H22N4O6/c1-22-5-4-10-6-13-15(29-9-28-13)16(27-3)14(10)12(22)8-20-7-11-17(24)21-19(26)23(2)18(11)25/h6-7,11-12H,4-5,8-9H2,1-3H3,(H,21,24,26)/t11?,12-/m1/s1. The van der Waals surface area contributed by atoms with Gasteiger partial charge >= 0.3 is 6.03 Å². The van der Waals surface area contributed by atoms with Crippen molar-refractivity contribution in [1.82, 2.24) is 15.1 Å². The first-order valence-electron chi connectivity index (χ1n) is 9.24. The molecule has 3 aliphatic rings. The number of nitrogens with zero attached hydrogens (tertiary/aromatic N) is 3. The Bertz CT molecular complexity index is 914.